The Kier molecular flexibility index (Phi) is 8.21. The summed E-state index contributed by atoms with van der Waals surface area (Å²) in [6, 6.07) is 0. The van der Waals surface area contributed by atoms with E-state index in [1.807, 2.05) is 0 Å². The van der Waals surface area contributed by atoms with Gasteiger partial charge in [-0.2, -0.15) is 8.78 Å². The van der Waals surface area contributed by atoms with Crippen molar-refractivity contribution in [2.45, 2.75) is 63.6 Å². The highest BCUT2D eigenvalue weighted by Crippen LogP contribution is 2.44. The Hall–Kier alpha value is -1.25. The molecule has 2 aliphatic rings. The summed E-state index contributed by atoms with van der Waals surface area (Å²) in [6.07, 6.45) is 1.39. The van der Waals surface area contributed by atoms with Crippen LogP contribution in [-0.4, -0.2) is 54.5 Å². The average Bonchev–Trinajstić information content (AvgIpc) is 3.09. The second-order valence-electron chi connectivity index (χ2n) is 7.10. The van der Waals surface area contributed by atoms with E-state index >= 15 is 0 Å². The predicted molar refractivity (Wildman–Crippen MR) is 97.4 cm³/mol. The fourth-order valence-corrected chi connectivity index (χ4v) is 4.06. The third kappa shape index (κ3) is 5.64. The summed E-state index contributed by atoms with van der Waals surface area (Å²) < 4.78 is 44.5. The van der Waals surface area contributed by atoms with E-state index in [9.17, 15) is 23.5 Å². The van der Waals surface area contributed by atoms with Crippen molar-refractivity contribution in [3.05, 3.63) is 11.1 Å². The number of hydrogen-bond acceptors (Lipinski definition) is 5. The van der Waals surface area contributed by atoms with Crippen molar-refractivity contribution in [1.29, 1.82) is 0 Å². The average molecular weight is 425 g/mol. The van der Waals surface area contributed by atoms with Gasteiger partial charge in [0.1, 0.15) is 0 Å². The number of unbranched alkanes of at least 4 members (excludes halogenated alkanes) is 1. The lowest BCUT2D eigenvalue weighted by Gasteiger charge is -2.36. The number of aliphatic carboxylic acids is 1. The largest absolute Gasteiger partial charge is 0.478 e. The van der Waals surface area contributed by atoms with Crippen LogP contribution < -0.4 is 0 Å². The minimum atomic E-state index is -3.69. The van der Waals surface area contributed by atoms with Gasteiger partial charge in [-0.05, 0) is 32.1 Å². The fourth-order valence-electron chi connectivity index (χ4n) is 3.87. The van der Waals surface area contributed by atoms with Crippen LogP contribution in [-0.2, 0) is 23.8 Å². The highest BCUT2D eigenvalue weighted by Gasteiger charge is 2.47. The molecule has 28 heavy (non-hydrogen) atoms. The van der Waals surface area contributed by atoms with Crippen LogP contribution in [0.4, 0.5) is 8.78 Å². The van der Waals surface area contributed by atoms with Gasteiger partial charge in [0.05, 0.1) is 19.8 Å². The van der Waals surface area contributed by atoms with Gasteiger partial charge < -0.3 is 19.3 Å². The molecular weight excluding hydrogens is 398 g/mol. The van der Waals surface area contributed by atoms with Crippen LogP contribution in [0.5, 0.6) is 0 Å². The predicted octanol–water partition coefficient (Wildman–Crippen LogP) is 3.91. The second kappa shape index (κ2) is 9.98. The lowest BCUT2D eigenvalue weighted by Crippen LogP contribution is -2.38. The molecule has 0 amide bonds. The Morgan fingerprint density at radius 2 is 2.00 bits per heavy atom. The van der Waals surface area contributed by atoms with Crippen LogP contribution in [0.1, 0.15) is 51.9 Å². The second-order valence-corrected chi connectivity index (χ2v) is 7.48. The van der Waals surface area contributed by atoms with Gasteiger partial charge in [0.2, 0.25) is 0 Å². The molecule has 0 bridgehead atoms. The van der Waals surface area contributed by atoms with E-state index in [-0.39, 0.29) is 25.0 Å². The smallest absolute Gasteiger partial charge is 0.376 e. The van der Waals surface area contributed by atoms with Gasteiger partial charge in [-0.1, -0.05) is 12.0 Å². The number of allylic oxidation sites excluding steroid dienone is 1. The van der Waals surface area contributed by atoms with Gasteiger partial charge in [-0.25, -0.2) is 9.59 Å². The Bertz CT molecular complexity index is 601. The molecule has 1 saturated heterocycles. The first kappa shape index (κ1) is 23.0. The molecule has 0 radical (unpaired) electrons. The van der Waals surface area contributed by atoms with E-state index in [4.69, 9.17) is 21.1 Å². The van der Waals surface area contributed by atoms with Crippen molar-refractivity contribution in [3.8, 4) is 0 Å². The number of alkyl halides is 3. The first-order valence-electron chi connectivity index (χ1n) is 9.59. The summed E-state index contributed by atoms with van der Waals surface area (Å²) in [7, 11) is 0. The summed E-state index contributed by atoms with van der Waals surface area (Å²) in [5, 5.41) is 9.70. The number of ether oxygens (including phenoxy) is 3. The zero-order chi connectivity index (χ0) is 20.8. The van der Waals surface area contributed by atoms with E-state index in [2.05, 4.69) is 4.74 Å². The number of carbonyl (C=O) groups excluding carboxylic acids is 1. The molecule has 0 aromatic heterocycles. The minimum absolute atomic E-state index is 0.00858. The molecule has 1 aliphatic heterocycles. The molecule has 6 nitrogen and oxygen atoms in total. The van der Waals surface area contributed by atoms with Crippen LogP contribution in [0.3, 0.4) is 0 Å². The lowest BCUT2D eigenvalue weighted by atomic mass is 9.77. The number of carbonyl (C=O) groups is 2. The maximum atomic E-state index is 14.4. The molecule has 1 aliphatic carbocycles. The van der Waals surface area contributed by atoms with Gasteiger partial charge in [0.25, 0.3) is 0 Å². The van der Waals surface area contributed by atoms with Crippen LogP contribution in [0, 0.1) is 5.92 Å². The summed E-state index contributed by atoms with van der Waals surface area (Å²) in [5.41, 5.74) is 0.486. The Morgan fingerprint density at radius 3 is 2.57 bits per heavy atom. The number of carboxylic acid groups (broad SMARTS) is 1. The summed E-state index contributed by atoms with van der Waals surface area (Å²) in [4.78, 5) is 23.5. The fraction of sp³-hybridized carbons (Fsp3) is 0.789. The topological polar surface area (TPSA) is 82.1 Å². The van der Waals surface area contributed by atoms with Gasteiger partial charge in [-0.3, -0.25) is 0 Å². The van der Waals surface area contributed by atoms with E-state index in [0.29, 0.717) is 50.4 Å². The number of esters is 1. The molecule has 1 spiro atoms. The van der Waals surface area contributed by atoms with Crippen LogP contribution in [0.15, 0.2) is 11.1 Å². The third-order valence-corrected chi connectivity index (χ3v) is 5.45. The van der Waals surface area contributed by atoms with E-state index in [1.165, 1.54) is 6.92 Å². The molecule has 1 unspecified atom stereocenters. The normalized spacial score (nSPS) is 20.4. The SMILES string of the molecule is CCOC(=O)C(F)(F)CC(CCCCCl)C1=C(C(=O)O)CC2(CC1)OCCO2. The molecule has 1 fully saturated rings. The van der Waals surface area contributed by atoms with Crippen molar-refractivity contribution in [1.82, 2.24) is 0 Å². The highest BCUT2D eigenvalue weighted by molar-refractivity contribution is 6.17. The maximum Gasteiger partial charge on any atom is 0.376 e. The van der Waals surface area contributed by atoms with Gasteiger partial charge in [0, 0.05) is 30.7 Å². The lowest BCUT2D eigenvalue weighted by molar-refractivity contribution is -0.174. The maximum absolute atomic E-state index is 14.4. The van der Waals surface area contributed by atoms with Crippen molar-refractivity contribution in [2.24, 2.45) is 5.92 Å². The van der Waals surface area contributed by atoms with E-state index in [0.717, 1.165) is 0 Å². The first-order chi connectivity index (χ1) is 13.2. The summed E-state index contributed by atoms with van der Waals surface area (Å²) >= 11 is 5.70. The first-order valence-corrected chi connectivity index (χ1v) is 10.1. The van der Waals surface area contributed by atoms with Crippen LogP contribution in [0.2, 0.25) is 0 Å². The molecule has 0 aromatic rings. The Morgan fingerprint density at radius 1 is 1.32 bits per heavy atom. The molecule has 160 valence electrons. The molecular formula is C19H27ClF2O6. The van der Waals surface area contributed by atoms with E-state index in [1.54, 1.807) is 0 Å². The number of halogens is 3. The number of hydrogen-bond donors (Lipinski definition) is 1. The van der Waals surface area contributed by atoms with Crippen molar-refractivity contribution < 1.29 is 37.7 Å². The molecule has 1 N–H and O–H groups in total. The van der Waals surface area contributed by atoms with Crippen molar-refractivity contribution >= 4 is 23.5 Å². The third-order valence-electron chi connectivity index (χ3n) is 5.19. The molecule has 9 heteroatoms. The zero-order valence-corrected chi connectivity index (χ0v) is 16.7. The van der Waals surface area contributed by atoms with Gasteiger partial charge in [0.15, 0.2) is 5.79 Å². The van der Waals surface area contributed by atoms with Crippen molar-refractivity contribution in [3.63, 3.8) is 0 Å². The van der Waals surface area contributed by atoms with Crippen LogP contribution >= 0.6 is 11.6 Å². The van der Waals surface area contributed by atoms with Gasteiger partial charge >= 0.3 is 17.9 Å². The molecule has 1 atom stereocenters. The standard InChI is InChI=1S/C19H27ClF2O6/c1-2-26-17(25)19(21,22)11-13(5-3-4-8-20)14-6-7-18(27-9-10-28-18)12-15(14)16(23)24/h13H,2-12H2,1H3,(H,23,24). The van der Waals surface area contributed by atoms with Crippen molar-refractivity contribution in [2.75, 3.05) is 25.7 Å². The Balaban J connectivity index is 2.29. The molecule has 1 heterocycles. The molecule has 0 aromatic carbocycles. The molecule has 0 saturated carbocycles. The monoisotopic (exact) mass is 424 g/mol. The minimum Gasteiger partial charge on any atom is -0.478 e. The quantitative estimate of drug-likeness (QED) is 0.325. The van der Waals surface area contributed by atoms with Gasteiger partial charge in [-0.15, -0.1) is 11.6 Å². The molecule has 2 rings (SSSR count). The summed E-state index contributed by atoms with van der Waals surface area (Å²) in [5.74, 6) is -7.79. The Labute approximate surface area is 168 Å². The summed E-state index contributed by atoms with van der Waals surface area (Å²) in [6.45, 7) is 2.06. The zero-order valence-electron chi connectivity index (χ0n) is 16.0. The van der Waals surface area contributed by atoms with E-state index < -0.39 is 36.0 Å². The highest BCUT2D eigenvalue weighted by atomic mass is 35.5. The number of rotatable bonds is 10. The number of carboxylic acids is 1. The van der Waals surface area contributed by atoms with Crippen LogP contribution in [0.25, 0.3) is 0 Å².